The topological polar surface area (TPSA) is 9.23 Å². The second kappa shape index (κ2) is 10.8. The lowest BCUT2D eigenvalue weighted by molar-refractivity contribution is 0.147. The van der Waals surface area contributed by atoms with E-state index in [0.717, 1.165) is 28.2 Å². The van der Waals surface area contributed by atoms with E-state index < -0.39 is 0 Å². The lowest BCUT2D eigenvalue weighted by Crippen LogP contribution is -2.00. The summed E-state index contributed by atoms with van der Waals surface area (Å²) in [6.45, 7) is 6.01. The molecule has 0 N–H and O–H groups in total. The molecule has 0 aliphatic carbocycles. The van der Waals surface area contributed by atoms with Gasteiger partial charge in [0.1, 0.15) is 3.53 Å². The van der Waals surface area contributed by atoms with Gasteiger partial charge in [-0.2, -0.15) is 0 Å². The predicted molar refractivity (Wildman–Crippen MR) is 68.9 cm³/mol. The third-order valence-corrected chi connectivity index (χ3v) is 3.90. The first-order chi connectivity index (χ1) is 6.31. The summed E-state index contributed by atoms with van der Waals surface area (Å²) < 4.78 is 6.46. The van der Waals surface area contributed by atoms with Crippen molar-refractivity contribution in [2.45, 2.75) is 26.7 Å². The van der Waals surface area contributed by atoms with Crippen LogP contribution in [0.25, 0.3) is 0 Å². The highest BCUT2D eigenvalue weighted by Gasteiger charge is 1.96. The minimum absolute atomic E-state index is 0.828. The fourth-order valence-electron chi connectivity index (χ4n) is 0.692. The number of thioether (sulfide) groups is 2. The maximum Gasteiger partial charge on any atom is 0.104 e. The van der Waals surface area contributed by atoms with Gasteiger partial charge in [-0.05, 0) is 12.2 Å². The molecule has 4 heteroatoms. The van der Waals surface area contributed by atoms with Crippen LogP contribution in [0.1, 0.15) is 26.7 Å². The molecule has 0 rings (SSSR count). The van der Waals surface area contributed by atoms with Crippen molar-refractivity contribution in [2.75, 3.05) is 24.7 Å². The third-order valence-electron chi connectivity index (χ3n) is 1.35. The minimum Gasteiger partial charge on any atom is -0.381 e. The van der Waals surface area contributed by atoms with E-state index in [1.54, 1.807) is 23.5 Å². The summed E-state index contributed by atoms with van der Waals surface area (Å²) in [6.07, 6.45) is 2.37. The van der Waals surface area contributed by atoms with Gasteiger partial charge >= 0.3 is 0 Å². The Morgan fingerprint density at radius 2 is 2.00 bits per heavy atom. The summed E-state index contributed by atoms with van der Waals surface area (Å²) in [5.41, 5.74) is 0. The molecule has 0 atom stereocenters. The summed E-state index contributed by atoms with van der Waals surface area (Å²) in [4.78, 5) is 0. The number of rotatable bonds is 7. The van der Waals surface area contributed by atoms with Crippen molar-refractivity contribution >= 4 is 39.3 Å². The average Bonchev–Trinajstić information content (AvgIpc) is 2.11. The summed E-state index contributed by atoms with van der Waals surface area (Å²) in [5, 5.41) is 0. The predicted octanol–water partition coefficient (Wildman–Crippen LogP) is 3.57. The first-order valence-corrected chi connectivity index (χ1v) is 7.06. The van der Waals surface area contributed by atoms with Gasteiger partial charge in [-0.1, -0.05) is 32.5 Å². The van der Waals surface area contributed by atoms with Gasteiger partial charge in [0.2, 0.25) is 0 Å². The summed E-state index contributed by atoms with van der Waals surface area (Å²) in [6, 6.07) is 0. The zero-order valence-electron chi connectivity index (χ0n) is 8.38. The summed E-state index contributed by atoms with van der Waals surface area (Å²) in [7, 11) is 0. The standard InChI is InChI=1S/C9H18OS3/c1-3-5-6-10-7-8-13-9(11)12-4-2/h3-8H2,1-2H3. The number of hydrogen-bond acceptors (Lipinski definition) is 4. The number of ether oxygens (including phenoxy) is 1. The molecule has 0 amide bonds. The van der Waals surface area contributed by atoms with Gasteiger partial charge in [-0.15, -0.1) is 23.5 Å². The zero-order chi connectivity index (χ0) is 9.94. The summed E-state index contributed by atoms with van der Waals surface area (Å²) in [5.74, 6) is 2.07. The van der Waals surface area contributed by atoms with Crippen molar-refractivity contribution < 1.29 is 4.74 Å². The van der Waals surface area contributed by atoms with Crippen LogP contribution in [0, 0.1) is 0 Å². The molecule has 0 aliphatic rings. The van der Waals surface area contributed by atoms with Crippen LogP contribution < -0.4 is 0 Å². The van der Waals surface area contributed by atoms with Crippen LogP contribution in [-0.2, 0) is 4.74 Å². The highest BCUT2D eigenvalue weighted by molar-refractivity contribution is 8.47. The SMILES string of the molecule is CCCCOCCSC(=S)SCC. The molecule has 13 heavy (non-hydrogen) atoms. The van der Waals surface area contributed by atoms with E-state index in [1.807, 2.05) is 0 Å². The van der Waals surface area contributed by atoms with Gasteiger partial charge in [-0.25, -0.2) is 0 Å². The molecular weight excluding hydrogens is 220 g/mol. The van der Waals surface area contributed by atoms with Crippen LogP contribution >= 0.6 is 35.7 Å². The van der Waals surface area contributed by atoms with Crippen molar-refractivity contribution in [3.63, 3.8) is 0 Å². The van der Waals surface area contributed by atoms with Crippen LogP contribution in [0.2, 0.25) is 0 Å². The number of hydrogen-bond donors (Lipinski definition) is 0. The molecular formula is C9H18OS3. The Balaban J connectivity index is 3.02. The van der Waals surface area contributed by atoms with Crippen molar-refractivity contribution in [2.24, 2.45) is 0 Å². The summed E-state index contributed by atoms with van der Waals surface area (Å²) >= 11 is 8.59. The minimum atomic E-state index is 0.828. The van der Waals surface area contributed by atoms with Crippen molar-refractivity contribution in [3.8, 4) is 0 Å². The average molecular weight is 238 g/mol. The molecule has 0 saturated heterocycles. The maximum atomic E-state index is 5.41. The highest BCUT2D eigenvalue weighted by atomic mass is 32.2. The molecule has 0 aromatic carbocycles. The highest BCUT2D eigenvalue weighted by Crippen LogP contribution is 2.16. The van der Waals surface area contributed by atoms with E-state index in [4.69, 9.17) is 17.0 Å². The zero-order valence-corrected chi connectivity index (χ0v) is 10.8. The van der Waals surface area contributed by atoms with Gasteiger partial charge < -0.3 is 4.74 Å². The molecule has 0 spiro atoms. The first kappa shape index (κ1) is 13.8. The molecule has 0 unspecified atom stereocenters. The lowest BCUT2D eigenvalue weighted by Gasteiger charge is -2.03. The first-order valence-electron chi connectivity index (χ1n) is 4.68. The Bertz CT molecular complexity index is 128. The fraction of sp³-hybridized carbons (Fsp3) is 0.889. The Morgan fingerprint density at radius 3 is 2.62 bits per heavy atom. The lowest BCUT2D eigenvalue weighted by atomic mass is 10.4. The van der Waals surface area contributed by atoms with Gasteiger partial charge in [0.15, 0.2) is 0 Å². The molecule has 0 aromatic heterocycles. The van der Waals surface area contributed by atoms with Crippen LogP contribution in [0.3, 0.4) is 0 Å². The van der Waals surface area contributed by atoms with Crippen molar-refractivity contribution in [1.82, 2.24) is 0 Å². The molecule has 0 aromatic rings. The molecule has 0 heterocycles. The second-order valence-electron chi connectivity index (χ2n) is 2.50. The van der Waals surface area contributed by atoms with Gasteiger partial charge in [0.05, 0.1) is 6.61 Å². The quantitative estimate of drug-likeness (QED) is 0.495. The molecule has 0 aliphatic heterocycles. The molecule has 0 bridgehead atoms. The normalized spacial score (nSPS) is 10.3. The van der Waals surface area contributed by atoms with Crippen LogP contribution in [0.5, 0.6) is 0 Å². The Labute approximate surface area is 95.4 Å². The van der Waals surface area contributed by atoms with Crippen LogP contribution in [0.4, 0.5) is 0 Å². The van der Waals surface area contributed by atoms with E-state index in [1.165, 1.54) is 12.8 Å². The van der Waals surface area contributed by atoms with E-state index >= 15 is 0 Å². The molecule has 0 fully saturated rings. The fourth-order valence-corrected chi connectivity index (χ4v) is 2.84. The molecule has 1 nitrogen and oxygen atoms in total. The molecule has 0 radical (unpaired) electrons. The Hall–Kier alpha value is 0.750. The van der Waals surface area contributed by atoms with E-state index in [0.29, 0.717) is 0 Å². The number of thiocarbonyl (C=S) groups is 1. The Morgan fingerprint density at radius 1 is 1.23 bits per heavy atom. The smallest absolute Gasteiger partial charge is 0.104 e. The monoisotopic (exact) mass is 238 g/mol. The third kappa shape index (κ3) is 10.7. The molecule has 0 saturated carbocycles. The maximum absolute atomic E-state index is 5.41. The van der Waals surface area contributed by atoms with E-state index in [2.05, 4.69) is 13.8 Å². The molecule has 78 valence electrons. The second-order valence-corrected chi connectivity index (χ2v) is 6.06. The van der Waals surface area contributed by atoms with Crippen molar-refractivity contribution in [3.05, 3.63) is 0 Å². The van der Waals surface area contributed by atoms with E-state index in [9.17, 15) is 0 Å². The Kier molecular flexibility index (Phi) is 11.5. The number of unbranched alkanes of at least 4 members (excludes halogenated alkanes) is 1. The van der Waals surface area contributed by atoms with Gasteiger partial charge in [0.25, 0.3) is 0 Å². The van der Waals surface area contributed by atoms with Crippen molar-refractivity contribution in [1.29, 1.82) is 0 Å². The van der Waals surface area contributed by atoms with Crippen LogP contribution in [0.15, 0.2) is 0 Å². The van der Waals surface area contributed by atoms with Crippen LogP contribution in [-0.4, -0.2) is 28.2 Å². The van der Waals surface area contributed by atoms with Gasteiger partial charge in [0, 0.05) is 12.4 Å². The van der Waals surface area contributed by atoms with Gasteiger partial charge in [-0.3, -0.25) is 0 Å². The largest absolute Gasteiger partial charge is 0.381 e. The van der Waals surface area contributed by atoms with E-state index in [-0.39, 0.29) is 0 Å².